The van der Waals surface area contributed by atoms with Gasteiger partial charge in [-0.1, -0.05) is 29.3 Å². The van der Waals surface area contributed by atoms with E-state index in [0.29, 0.717) is 47.6 Å². The van der Waals surface area contributed by atoms with Crippen LogP contribution >= 0.6 is 23.2 Å². The molecule has 8 nitrogen and oxygen atoms in total. The number of hydrazine groups is 1. The molecule has 1 amide bonds. The normalized spacial score (nSPS) is 16.0. The molecule has 1 fully saturated rings. The number of nitrogens with one attached hydrogen (secondary N) is 2. The van der Waals surface area contributed by atoms with Gasteiger partial charge in [-0.15, -0.1) is 0 Å². The van der Waals surface area contributed by atoms with E-state index in [9.17, 15) is 13.2 Å². The van der Waals surface area contributed by atoms with Gasteiger partial charge in [-0.3, -0.25) is 15.6 Å². The van der Waals surface area contributed by atoms with Gasteiger partial charge >= 0.3 is 0 Å². The summed E-state index contributed by atoms with van der Waals surface area (Å²) in [5.74, 6) is -0.129. The van der Waals surface area contributed by atoms with E-state index >= 15 is 0 Å². The van der Waals surface area contributed by atoms with Gasteiger partial charge in [0.25, 0.3) is 5.91 Å². The molecule has 1 saturated heterocycles. The third-order valence-corrected chi connectivity index (χ3v) is 6.97. The highest BCUT2D eigenvalue weighted by molar-refractivity contribution is 7.89. The Labute approximate surface area is 185 Å². The maximum absolute atomic E-state index is 12.7. The number of sulfonamides is 1. The van der Waals surface area contributed by atoms with E-state index in [0.717, 1.165) is 0 Å². The van der Waals surface area contributed by atoms with Crippen molar-refractivity contribution in [2.75, 3.05) is 38.7 Å². The summed E-state index contributed by atoms with van der Waals surface area (Å²) in [6, 6.07) is 7.90. The van der Waals surface area contributed by atoms with Crippen LogP contribution in [0, 0.1) is 0 Å². The first kappa shape index (κ1) is 22.5. The SMILES string of the molecule is CN1CCN(S(=O)(=O)c2ccc(NNC(=O)C=Cc3ccc(Cl)cc3Cl)nc2)CC1. The Morgan fingerprint density at radius 3 is 2.50 bits per heavy atom. The molecule has 11 heteroatoms. The van der Waals surface area contributed by atoms with Crippen molar-refractivity contribution in [1.29, 1.82) is 0 Å². The van der Waals surface area contributed by atoms with E-state index in [1.807, 2.05) is 7.05 Å². The van der Waals surface area contributed by atoms with E-state index in [1.165, 1.54) is 28.7 Å². The van der Waals surface area contributed by atoms with Crippen LogP contribution in [0.4, 0.5) is 5.82 Å². The van der Waals surface area contributed by atoms with Gasteiger partial charge in [-0.05, 0) is 43.0 Å². The minimum Gasteiger partial charge on any atom is -0.304 e. The summed E-state index contributed by atoms with van der Waals surface area (Å²) in [6.07, 6.45) is 4.12. The number of aromatic nitrogens is 1. The zero-order valence-electron chi connectivity index (χ0n) is 16.2. The quantitative estimate of drug-likeness (QED) is 0.498. The minimum absolute atomic E-state index is 0.112. The lowest BCUT2D eigenvalue weighted by atomic mass is 10.2. The smallest absolute Gasteiger partial charge is 0.262 e. The Hall–Kier alpha value is -2.17. The number of likely N-dealkylation sites (N-methyl/N-ethyl adjacent to an activating group) is 1. The number of nitrogens with zero attached hydrogens (tertiary/aromatic N) is 3. The molecule has 1 aliphatic rings. The molecule has 0 saturated carbocycles. The summed E-state index contributed by atoms with van der Waals surface area (Å²) >= 11 is 11.9. The Morgan fingerprint density at radius 2 is 1.87 bits per heavy atom. The molecule has 2 heterocycles. The first-order valence-corrected chi connectivity index (χ1v) is 11.3. The number of rotatable bonds is 6. The van der Waals surface area contributed by atoms with Crippen LogP contribution < -0.4 is 10.9 Å². The van der Waals surface area contributed by atoms with Crippen LogP contribution in [0.1, 0.15) is 5.56 Å². The van der Waals surface area contributed by atoms with E-state index in [4.69, 9.17) is 23.2 Å². The average molecular weight is 470 g/mol. The zero-order chi connectivity index (χ0) is 21.7. The number of anilines is 1. The highest BCUT2D eigenvalue weighted by atomic mass is 35.5. The topological polar surface area (TPSA) is 94.6 Å². The second kappa shape index (κ2) is 9.76. The molecule has 1 aromatic heterocycles. The van der Waals surface area contributed by atoms with Gasteiger partial charge in [0.05, 0.1) is 0 Å². The van der Waals surface area contributed by atoms with Crippen molar-refractivity contribution in [3.63, 3.8) is 0 Å². The van der Waals surface area contributed by atoms with Crippen molar-refractivity contribution in [3.8, 4) is 0 Å². The van der Waals surface area contributed by atoms with E-state index in [1.54, 1.807) is 24.3 Å². The van der Waals surface area contributed by atoms with Gasteiger partial charge < -0.3 is 4.90 Å². The number of carbonyl (C=O) groups excluding carboxylic acids is 1. The minimum atomic E-state index is -3.58. The van der Waals surface area contributed by atoms with Gasteiger partial charge in [-0.2, -0.15) is 4.31 Å². The fraction of sp³-hybridized carbons (Fsp3) is 0.263. The molecular formula is C19H21Cl2N5O3S. The number of amides is 1. The number of pyridine rings is 1. The predicted molar refractivity (Wildman–Crippen MR) is 118 cm³/mol. The van der Waals surface area contributed by atoms with Crippen molar-refractivity contribution in [3.05, 3.63) is 58.2 Å². The summed E-state index contributed by atoms with van der Waals surface area (Å²) in [7, 11) is -1.63. The molecule has 1 aliphatic heterocycles. The molecule has 30 heavy (non-hydrogen) atoms. The highest BCUT2D eigenvalue weighted by Crippen LogP contribution is 2.22. The first-order valence-electron chi connectivity index (χ1n) is 9.09. The van der Waals surface area contributed by atoms with Crippen molar-refractivity contribution in [2.45, 2.75) is 4.90 Å². The molecule has 2 aromatic rings. The van der Waals surface area contributed by atoms with Crippen LogP contribution in [0.25, 0.3) is 6.08 Å². The first-order chi connectivity index (χ1) is 14.3. The van der Waals surface area contributed by atoms with E-state index in [2.05, 4.69) is 20.7 Å². The van der Waals surface area contributed by atoms with Crippen molar-refractivity contribution < 1.29 is 13.2 Å². The largest absolute Gasteiger partial charge is 0.304 e. The lowest BCUT2D eigenvalue weighted by Gasteiger charge is -2.31. The molecule has 2 N–H and O–H groups in total. The Bertz CT molecular complexity index is 1040. The average Bonchev–Trinajstić information content (AvgIpc) is 2.72. The molecule has 0 bridgehead atoms. The fourth-order valence-electron chi connectivity index (χ4n) is 2.75. The Balaban J connectivity index is 1.56. The summed E-state index contributed by atoms with van der Waals surface area (Å²) < 4.78 is 26.8. The summed E-state index contributed by atoms with van der Waals surface area (Å²) in [5, 5.41) is 0.936. The Kier molecular flexibility index (Phi) is 7.32. The lowest BCUT2D eigenvalue weighted by Crippen LogP contribution is -2.47. The standard InChI is InChI=1S/C19H21Cl2N5O3S/c1-25-8-10-26(11-9-25)30(28,29)16-5-6-18(22-13-16)23-24-19(27)7-3-14-2-4-15(20)12-17(14)21/h2-7,12-13H,8-11H2,1H3,(H,22,23)(H,24,27). The predicted octanol–water partition coefficient (Wildman–Crippen LogP) is 2.48. The maximum Gasteiger partial charge on any atom is 0.262 e. The molecular weight excluding hydrogens is 449 g/mol. The van der Waals surface area contributed by atoms with Crippen molar-refractivity contribution in [2.24, 2.45) is 0 Å². The van der Waals surface area contributed by atoms with Crippen molar-refractivity contribution in [1.82, 2.24) is 19.6 Å². The summed E-state index contributed by atoms with van der Waals surface area (Å²) in [5.41, 5.74) is 5.74. The lowest BCUT2D eigenvalue weighted by molar-refractivity contribution is -0.116. The van der Waals surface area contributed by atoms with Crippen LogP contribution in [0.5, 0.6) is 0 Å². The number of benzene rings is 1. The highest BCUT2D eigenvalue weighted by Gasteiger charge is 2.27. The van der Waals surface area contributed by atoms with E-state index < -0.39 is 15.9 Å². The summed E-state index contributed by atoms with van der Waals surface area (Å²) in [6.45, 7) is 2.26. The van der Waals surface area contributed by atoms with Crippen LogP contribution in [-0.2, 0) is 14.8 Å². The molecule has 0 unspecified atom stereocenters. The Morgan fingerprint density at radius 1 is 1.13 bits per heavy atom. The third-order valence-electron chi connectivity index (χ3n) is 4.53. The van der Waals surface area contributed by atoms with Gasteiger partial charge in [-0.25, -0.2) is 13.4 Å². The molecule has 160 valence electrons. The van der Waals surface area contributed by atoms with Gasteiger partial charge in [0, 0.05) is 48.5 Å². The molecule has 0 radical (unpaired) electrons. The van der Waals surface area contributed by atoms with Gasteiger partial charge in [0.2, 0.25) is 10.0 Å². The number of halogens is 2. The number of carbonyl (C=O) groups is 1. The zero-order valence-corrected chi connectivity index (χ0v) is 18.5. The molecule has 0 aliphatic carbocycles. The second-order valence-corrected chi connectivity index (χ2v) is 9.48. The third kappa shape index (κ3) is 5.71. The van der Waals surface area contributed by atoms with Crippen LogP contribution in [0.3, 0.4) is 0 Å². The van der Waals surface area contributed by atoms with Gasteiger partial charge in [0.1, 0.15) is 10.7 Å². The number of hydrogen-bond donors (Lipinski definition) is 2. The molecule has 1 aromatic carbocycles. The summed E-state index contributed by atoms with van der Waals surface area (Å²) in [4.78, 5) is 18.2. The van der Waals surface area contributed by atoms with Crippen LogP contribution in [0.2, 0.25) is 10.0 Å². The number of piperazine rings is 1. The monoisotopic (exact) mass is 469 g/mol. The van der Waals surface area contributed by atoms with E-state index in [-0.39, 0.29) is 4.90 Å². The fourth-order valence-corrected chi connectivity index (χ4v) is 4.59. The van der Waals surface area contributed by atoms with Crippen LogP contribution in [0.15, 0.2) is 47.5 Å². The van der Waals surface area contributed by atoms with Crippen LogP contribution in [-0.4, -0.2) is 61.7 Å². The maximum atomic E-state index is 12.7. The van der Waals surface area contributed by atoms with Gasteiger partial charge in [0.15, 0.2) is 0 Å². The van der Waals surface area contributed by atoms with Crippen molar-refractivity contribution >= 4 is 51.0 Å². The molecule has 0 spiro atoms. The second-order valence-electron chi connectivity index (χ2n) is 6.70. The number of hydrogen-bond acceptors (Lipinski definition) is 6. The molecule has 0 atom stereocenters. The molecule has 3 rings (SSSR count).